The van der Waals surface area contributed by atoms with E-state index in [1.165, 1.54) is 0 Å². The largest absolute Gasteiger partial charge is 0.382 e. The van der Waals surface area contributed by atoms with E-state index in [1.807, 2.05) is 61.6 Å². The zero-order valence-electron chi connectivity index (χ0n) is 17.4. The molecule has 0 fully saturated rings. The third-order valence-electron chi connectivity index (χ3n) is 5.53. The summed E-state index contributed by atoms with van der Waals surface area (Å²) < 4.78 is 1.79. The summed E-state index contributed by atoms with van der Waals surface area (Å²) in [6, 6.07) is 18.5. The fraction of sp³-hybridized carbons (Fsp3) is 0.0800. The average molecular weight is 496 g/mol. The Morgan fingerprint density at radius 3 is 2.36 bits per heavy atom. The van der Waals surface area contributed by atoms with Crippen LogP contribution in [-0.4, -0.2) is 24.6 Å². The van der Waals surface area contributed by atoms with Crippen LogP contribution >= 0.6 is 34.8 Å². The van der Waals surface area contributed by atoms with Gasteiger partial charge in [0, 0.05) is 28.0 Å². The van der Waals surface area contributed by atoms with Gasteiger partial charge in [-0.05, 0) is 58.6 Å². The van der Waals surface area contributed by atoms with Gasteiger partial charge in [0.25, 0.3) is 0 Å². The minimum absolute atomic E-state index is 0.125. The van der Waals surface area contributed by atoms with Gasteiger partial charge >= 0.3 is 0 Å². The number of imidazole rings is 1. The number of hydrogen-bond acceptors (Lipinski definition) is 4. The van der Waals surface area contributed by atoms with E-state index in [1.54, 1.807) is 23.2 Å². The minimum atomic E-state index is -0.935. The van der Waals surface area contributed by atoms with Gasteiger partial charge in [-0.3, -0.25) is 0 Å². The van der Waals surface area contributed by atoms with Crippen LogP contribution in [0.4, 0.5) is 0 Å². The van der Waals surface area contributed by atoms with Gasteiger partial charge in [-0.25, -0.2) is 15.0 Å². The number of aliphatic hydroxyl groups excluding tert-OH is 1. The lowest BCUT2D eigenvalue weighted by Gasteiger charge is -2.20. The van der Waals surface area contributed by atoms with Crippen molar-refractivity contribution in [1.29, 1.82) is 0 Å². The Morgan fingerprint density at radius 1 is 0.879 bits per heavy atom. The van der Waals surface area contributed by atoms with Crippen molar-refractivity contribution in [2.45, 2.75) is 6.10 Å². The first-order valence-corrected chi connectivity index (χ1v) is 11.2. The number of nitrogens with zero attached hydrogens (tertiary/aromatic N) is 4. The lowest BCUT2D eigenvalue weighted by molar-refractivity contribution is 0.212. The number of halogens is 3. The summed E-state index contributed by atoms with van der Waals surface area (Å²) in [6.45, 7) is 0. The van der Waals surface area contributed by atoms with Gasteiger partial charge in [-0.1, -0.05) is 53.5 Å². The van der Waals surface area contributed by atoms with Crippen molar-refractivity contribution < 1.29 is 5.11 Å². The molecule has 3 aromatic carbocycles. The highest BCUT2D eigenvalue weighted by atomic mass is 35.5. The Hall–Kier alpha value is -2.96. The van der Waals surface area contributed by atoms with E-state index in [-0.39, 0.29) is 5.28 Å². The van der Waals surface area contributed by atoms with E-state index < -0.39 is 6.10 Å². The predicted octanol–water partition coefficient (Wildman–Crippen LogP) is 6.74. The molecular formula is C25H17Cl3N4O. The molecule has 0 saturated heterocycles. The van der Waals surface area contributed by atoms with Gasteiger partial charge in [0.15, 0.2) is 0 Å². The molecule has 0 aliphatic rings. The van der Waals surface area contributed by atoms with Crippen molar-refractivity contribution in [2.75, 3.05) is 0 Å². The highest BCUT2D eigenvalue weighted by molar-refractivity contribution is 6.31. The third-order valence-corrected chi connectivity index (χ3v) is 6.18. The molecule has 0 saturated carbocycles. The van der Waals surface area contributed by atoms with Crippen LogP contribution in [-0.2, 0) is 7.05 Å². The number of aryl methyl sites for hydroxylation is 1. The van der Waals surface area contributed by atoms with Gasteiger partial charge in [-0.15, -0.1) is 0 Å². The fourth-order valence-corrected chi connectivity index (χ4v) is 4.50. The quantitative estimate of drug-likeness (QED) is 0.280. The maximum atomic E-state index is 11.4. The molecule has 5 rings (SSSR count). The number of hydrogen-bond donors (Lipinski definition) is 1. The van der Waals surface area contributed by atoms with E-state index in [2.05, 4.69) is 15.0 Å². The second-order valence-electron chi connectivity index (χ2n) is 7.61. The van der Waals surface area contributed by atoms with Crippen molar-refractivity contribution in [2.24, 2.45) is 7.05 Å². The number of rotatable bonds is 4. The van der Waals surface area contributed by atoms with Crippen molar-refractivity contribution in [3.8, 4) is 22.4 Å². The fourth-order valence-electron chi connectivity index (χ4n) is 4.00. The topological polar surface area (TPSA) is 63.8 Å². The number of fused-ring (bicyclic) bond motifs is 1. The van der Waals surface area contributed by atoms with Crippen molar-refractivity contribution in [1.82, 2.24) is 19.5 Å². The zero-order chi connectivity index (χ0) is 23.1. The van der Waals surface area contributed by atoms with Crippen LogP contribution in [0.15, 0.2) is 73.2 Å². The van der Waals surface area contributed by atoms with E-state index >= 15 is 0 Å². The third kappa shape index (κ3) is 4.09. The van der Waals surface area contributed by atoms with Gasteiger partial charge < -0.3 is 9.67 Å². The van der Waals surface area contributed by atoms with E-state index in [0.717, 1.165) is 22.1 Å². The molecule has 1 atom stereocenters. The molecule has 2 heterocycles. The molecule has 0 aliphatic heterocycles. The van der Waals surface area contributed by atoms with Gasteiger partial charge in [0.1, 0.15) is 6.10 Å². The molecule has 1 N–H and O–H groups in total. The van der Waals surface area contributed by atoms with E-state index in [9.17, 15) is 5.11 Å². The van der Waals surface area contributed by atoms with Crippen LogP contribution in [0, 0.1) is 0 Å². The van der Waals surface area contributed by atoms with Crippen LogP contribution < -0.4 is 0 Å². The zero-order valence-corrected chi connectivity index (χ0v) is 19.6. The molecule has 5 aromatic rings. The summed E-state index contributed by atoms with van der Waals surface area (Å²) in [4.78, 5) is 13.2. The Balaban J connectivity index is 1.89. The van der Waals surface area contributed by atoms with E-state index in [4.69, 9.17) is 34.8 Å². The second-order valence-corrected chi connectivity index (χ2v) is 8.83. The van der Waals surface area contributed by atoms with Gasteiger partial charge in [-0.2, -0.15) is 0 Å². The standard InChI is InChI=1S/C25H17Cl3N4O/c1-32-13-29-12-20(32)24(33)18-9-10-19-22(21(18)14-5-7-16(26)8-6-14)23(31-25(28)30-19)15-3-2-4-17(27)11-15/h2-13,24,33H,1H3. The molecule has 8 heteroatoms. The summed E-state index contributed by atoms with van der Waals surface area (Å²) in [5.74, 6) is 0. The summed E-state index contributed by atoms with van der Waals surface area (Å²) in [5.41, 5.74) is 5.04. The van der Waals surface area contributed by atoms with Crippen LogP contribution in [0.1, 0.15) is 17.4 Å². The first kappa shape index (κ1) is 21.9. The summed E-state index contributed by atoms with van der Waals surface area (Å²) in [5, 5.41) is 13.5. The number of aromatic nitrogens is 4. The van der Waals surface area contributed by atoms with E-state index in [0.29, 0.717) is 32.5 Å². The lowest BCUT2D eigenvalue weighted by Crippen LogP contribution is -2.08. The number of benzene rings is 3. The highest BCUT2D eigenvalue weighted by Crippen LogP contribution is 2.41. The molecule has 5 nitrogen and oxygen atoms in total. The molecule has 164 valence electrons. The van der Waals surface area contributed by atoms with Crippen molar-refractivity contribution >= 4 is 45.7 Å². The molecule has 0 spiro atoms. The summed E-state index contributed by atoms with van der Waals surface area (Å²) in [7, 11) is 1.84. The second kappa shape index (κ2) is 8.76. The normalized spacial score (nSPS) is 12.3. The Labute approximate surface area is 205 Å². The Bertz CT molecular complexity index is 1480. The predicted molar refractivity (Wildman–Crippen MR) is 133 cm³/mol. The highest BCUT2D eigenvalue weighted by Gasteiger charge is 2.23. The van der Waals surface area contributed by atoms with Crippen molar-refractivity contribution in [3.05, 3.63) is 99.8 Å². The van der Waals surface area contributed by atoms with Gasteiger partial charge in [0.05, 0.1) is 29.4 Å². The Kier molecular flexibility index (Phi) is 5.81. The number of aliphatic hydroxyl groups is 1. The SMILES string of the molecule is Cn1cncc1C(O)c1ccc2nc(Cl)nc(-c3cccc(Cl)c3)c2c1-c1ccc(Cl)cc1. The molecular weight excluding hydrogens is 479 g/mol. The summed E-state index contributed by atoms with van der Waals surface area (Å²) >= 11 is 18.8. The lowest BCUT2D eigenvalue weighted by atomic mass is 9.89. The maximum Gasteiger partial charge on any atom is 0.223 e. The molecule has 0 amide bonds. The monoisotopic (exact) mass is 494 g/mol. The van der Waals surface area contributed by atoms with Gasteiger partial charge in [0.2, 0.25) is 5.28 Å². The molecule has 0 radical (unpaired) electrons. The van der Waals surface area contributed by atoms with Crippen LogP contribution in [0.25, 0.3) is 33.3 Å². The average Bonchev–Trinajstić information content (AvgIpc) is 3.23. The molecule has 0 aliphatic carbocycles. The van der Waals surface area contributed by atoms with Crippen LogP contribution in [0.2, 0.25) is 15.3 Å². The molecule has 33 heavy (non-hydrogen) atoms. The molecule has 1 unspecified atom stereocenters. The first-order valence-electron chi connectivity index (χ1n) is 10.1. The molecule has 2 aromatic heterocycles. The smallest absolute Gasteiger partial charge is 0.223 e. The van der Waals surface area contributed by atoms with Crippen LogP contribution in [0.5, 0.6) is 0 Å². The molecule has 0 bridgehead atoms. The Morgan fingerprint density at radius 2 is 1.67 bits per heavy atom. The van der Waals surface area contributed by atoms with Crippen LogP contribution in [0.3, 0.4) is 0 Å². The maximum absolute atomic E-state index is 11.4. The van der Waals surface area contributed by atoms with Crippen molar-refractivity contribution in [3.63, 3.8) is 0 Å². The first-order chi connectivity index (χ1) is 15.9. The summed E-state index contributed by atoms with van der Waals surface area (Å²) in [6.07, 6.45) is 2.37. The minimum Gasteiger partial charge on any atom is -0.382 e.